The number of likely N-dealkylation sites (N-methyl/N-ethyl adjacent to an activating group) is 1. The van der Waals surface area contributed by atoms with Crippen molar-refractivity contribution in [3.05, 3.63) is 42.0 Å². The van der Waals surface area contributed by atoms with Crippen LogP contribution >= 0.6 is 0 Å². The van der Waals surface area contributed by atoms with E-state index in [1.54, 1.807) is 6.08 Å². The van der Waals surface area contributed by atoms with Crippen LogP contribution in [0.4, 0.5) is 0 Å². The molecule has 100 valence electrons. The summed E-state index contributed by atoms with van der Waals surface area (Å²) in [4.78, 5) is 35.2. The number of amides is 1. The van der Waals surface area contributed by atoms with Gasteiger partial charge in [0, 0.05) is 7.05 Å². The van der Waals surface area contributed by atoms with E-state index in [4.69, 9.17) is 0 Å². The van der Waals surface area contributed by atoms with Crippen molar-refractivity contribution in [1.82, 2.24) is 4.90 Å². The number of carbonyl (C=O) groups excluding carboxylic acids is 3. The maximum atomic E-state index is 11.6. The third kappa shape index (κ3) is 4.75. The van der Waals surface area contributed by atoms with Crippen LogP contribution in [0.2, 0.25) is 0 Å². The zero-order valence-electron chi connectivity index (χ0n) is 10.8. The van der Waals surface area contributed by atoms with Crippen LogP contribution in [-0.2, 0) is 19.1 Å². The molecule has 0 aliphatic rings. The highest BCUT2D eigenvalue weighted by Gasteiger charge is 2.18. The number of ether oxygens (including phenoxy) is 1. The summed E-state index contributed by atoms with van der Waals surface area (Å²) in [5, 5.41) is 0. The fourth-order valence-corrected chi connectivity index (χ4v) is 1.33. The van der Waals surface area contributed by atoms with E-state index in [0.717, 1.165) is 10.5 Å². The Bertz CT molecular complexity index is 493. The molecule has 1 amide bonds. The van der Waals surface area contributed by atoms with E-state index in [-0.39, 0.29) is 6.54 Å². The standard InChI is InChI=1S/C14H15NO4/c1-15(10-13(17)19-2)14(18)12(16)9-8-11-6-4-3-5-7-11/h3-9H,10H2,1-2H3. The molecule has 0 aliphatic carbocycles. The van der Waals surface area contributed by atoms with Gasteiger partial charge in [0.2, 0.25) is 5.78 Å². The molecule has 0 spiro atoms. The number of nitrogens with zero attached hydrogens (tertiary/aromatic N) is 1. The molecule has 0 bridgehead atoms. The van der Waals surface area contributed by atoms with Gasteiger partial charge in [-0.05, 0) is 11.6 Å². The van der Waals surface area contributed by atoms with E-state index in [1.807, 2.05) is 30.3 Å². The molecule has 0 saturated carbocycles. The lowest BCUT2D eigenvalue weighted by molar-refractivity contribution is -0.148. The summed E-state index contributed by atoms with van der Waals surface area (Å²) >= 11 is 0. The molecule has 0 radical (unpaired) electrons. The van der Waals surface area contributed by atoms with Gasteiger partial charge in [-0.3, -0.25) is 14.4 Å². The third-order valence-electron chi connectivity index (χ3n) is 2.38. The molecule has 0 N–H and O–H groups in total. The van der Waals surface area contributed by atoms with Crippen LogP contribution in [0.3, 0.4) is 0 Å². The molecule has 5 nitrogen and oxygen atoms in total. The van der Waals surface area contributed by atoms with Crippen LogP contribution in [0.15, 0.2) is 36.4 Å². The number of methoxy groups -OCH3 is 1. The van der Waals surface area contributed by atoms with Gasteiger partial charge in [-0.1, -0.05) is 36.4 Å². The summed E-state index contributed by atoms with van der Waals surface area (Å²) in [5.41, 5.74) is 0.819. The summed E-state index contributed by atoms with van der Waals surface area (Å²) in [5.74, 6) is -2.01. The van der Waals surface area contributed by atoms with E-state index in [9.17, 15) is 14.4 Å². The van der Waals surface area contributed by atoms with Crippen LogP contribution in [0.1, 0.15) is 5.56 Å². The Morgan fingerprint density at radius 1 is 1.21 bits per heavy atom. The third-order valence-corrected chi connectivity index (χ3v) is 2.38. The maximum absolute atomic E-state index is 11.6. The average molecular weight is 261 g/mol. The van der Waals surface area contributed by atoms with Crippen molar-refractivity contribution in [2.45, 2.75) is 0 Å². The first-order chi connectivity index (χ1) is 9.04. The van der Waals surface area contributed by atoms with Crippen molar-refractivity contribution in [2.75, 3.05) is 20.7 Å². The van der Waals surface area contributed by atoms with Gasteiger partial charge < -0.3 is 9.64 Å². The first-order valence-electron chi connectivity index (χ1n) is 5.64. The van der Waals surface area contributed by atoms with Gasteiger partial charge in [-0.25, -0.2) is 0 Å². The molecule has 0 saturated heterocycles. The molecule has 0 aliphatic heterocycles. The zero-order valence-corrected chi connectivity index (χ0v) is 10.8. The SMILES string of the molecule is COC(=O)CN(C)C(=O)C(=O)C=Cc1ccccc1. The lowest BCUT2D eigenvalue weighted by Crippen LogP contribution is -2.36. The molecule has 5 heteroatoms. The maximum Gasteiger partial charge on any atom is 0.325 e. The molecule has 0 unspecified atom stereocenters. The Hall–Kier alpha value is -2.43. The molecule has 0 heterocycles. The molecule has 1 rings (SSSR count). The number of hydrogen-bond acceptors (Lipinski definition) is 4. The Labute approximate surface area is 111 Å². The highest BCUT2D eigenvalue weighted by Crippen LogP contribution is 2.01. The first kappa shape index (κ1) is 14.6. The van der Waals surface area contributed by atoms with Gasteiger partial charge in [0.1, 0.15) is 6.54 Å². The Morgan fingerprint density at radius 3 is 2.42 bits per heavy atom. The second kappa shape index (κ2) is 7.10. The second-order valence-corrected chi connectivity index (χ2v) is 3.85. The highest BCUT2D eigenvalue weighted by atomic mass is 16.5. The smallest absolute Gasteiger partial charge is 0.325 e. The van der Waals surface area contributed by atoms with Gasteiger partial charge in [0.15, 0.2) is 0 Å². The molecule has 0 fully saturated rings. The number of ketones is 1. The summed E-state index contributed by atoms with van der Waals surface area (Å²) in [6.07, 6.45) is 2.73. The van der Waals surface area contributed by atoms with E-state index in [2.05, 4.69) is 4.74 Å². The minimum absolute atomic E-state index is 0.250. The van der Waals surface area contributed by atoms with Crippen molar-refractivity contribution in [3.8, 4) is 0 Å². The number of carbonyl (C=O) groups is 3. The fraction of sp³-hybridized carbons (Fsp3) is 0.214. The van der Waals surface area contributed by atoms with Crippen LogP contribution in [-0.4, -0.2) is 43.3 Å². The molecule has 1 aromatic carbocycles. The summed E-state index contributed by atoms with van der Waals surface area (Å²) in [6.45, 7) is -0.250. The summed E-state index contributed by atoms with van der Waals surface area (Å²) in [7, 11) is 2.59. The first-order valence-corrected chi connectivity index (χ1v) is 5.64. The molecule has 19 heavy (non-hydrogen) atoms. The van der Waals surface area contributed by atoms with Crippen molar-refractivity contribution < 1.29 is 19.1 Å². The van der Waals surface area contributed by atoms with E-state index >= 15 is 0 Å². The fourth-order valence-electron chi connectivity index (χ4n) is 1.33. The zero-order chi connectivity index (χ0) is 14.3. The molecular formula is C14H15NO4. The van der Waals surface area contributed by atoms with Crippen LogP contribution < -0.4 is 0 Å². The largest absolute Gasteiger partial charge is 0.468 e. The van der Waals surface area contributed by atoms with Gasteiger partial charge in [0.25, 0.3) is 5.91 Å². The minimum atomic E-state index is -0.752. The van der Waals surface area contributed by atoms with Crippen molar-refractivity contribution in [3.63, 3.8) is 0 Å². The van der Waals surface area contributed by atoms with Crippen LogP contribution in [0.5, 0.6) is 0 Å². The van der Waals surface area contributed by atoms with Gasteiger partial charge in [-0.15, -0.1) is 0 Å². The Morgan fingerprint density at radius 2 is 1.84 bits per heavy atom. The molecule has 1 aromatic rings. The van der Waals surface area contributed by atoms with Crippen molar-refractivity contribution >= 4 is 23.7 Å². The lowest BCUT2D eigenvalue weighted by atomic mass is 10.2. The number of esters is 1. The van der Waals surface area contributed by atoms with E-state index in [0.29, 0.717) is 0 Å². The Balaban J connectivity index is 2.60. The van der Waals surface area contributed by atoms with Gasteiger partial charge in [0.05, 0.1) is 7.11 Å². The molecular weight excluding hydrogens is 246 g/mol. The average Bonchev–Trinajstić information content (AvgIpc) is 2.44. The van der Waals surface area contributed by atoms with Crippen LogP contribution in [0, 0.1) is 0 Å². The number of rotatable bonds is 5. The second-order valence-electron chi connectivity index (χ2n) is 3.85. The molecule has 0 atom stereocenters. The number of benzene rings is 1. The predicted molar refractivity (Wildman–Crippen MR) is 70.1 cm³/mol. The normalized spacial score (nSPS) is 10.2. The van der Waals surface area contributed by atoms with Crippen LogP contribution in [0.25, 0.3) is 6.08 Å². The van der Waals surface area contributed by atoms with E-state index in [1.165, 1.54) is 20.2 Å². The quantitative estimate of drug-likeness (QED) is 0.449. The van der Waals surface area contributed by atoms with Gasteiger partial charge >= 0.3 is 5.97 Å². The summed E-state index contributed by atoms with van der Waals surface area (Å²) < 4.78 is 4.42. The van der Waals surface area contributed by atoms with Gasteiger partial charge in [-0.2, -0.15) is 0 Å². The molecule has 0 aromatic heterocycles. The van der Waals surface area contributed by atoms with Crippen molar-refractivity contribution in [2.24, 2.45) is 0 Å². The Kier molecular flexibility index (Phi) is 5.47. The van der Waals surface area contributed by atoms with E-state index < -0.39 is 17.7 Å². The minimum Gasteiger partial charge on any atom is -0.468 e. The predicted octanol–water partition coefficient (Wildman–Crippen LogP) is 0.900. The van der Waals surface area contributed by atoms with Crippen molar-refractivity contribution in [1.29, 1.82) is 0 Å². The number of hydrogen-bond donors (Lipinski definition) is 0. The highest BCUT2D eigenvalue weighted by molar-refractivity contribution is 6.41. The monoisotopic (exact) mass is 261 g/mol. The summed E-state index contributed by atoms with van der Waals surface area (Å²) in [6, 6.07) is 9.14. The topological polar surface area (TPSA) is 63.7 Å². The lowest BCUT2D eigenvalue weighted by Gasteiger charge is -2.13.